The highest BCUT2D eigenvalue weighted by Crippen LogP contribution is 2.55. The van der Waals surface area contributed by atoms with E-state index in [1.807, 2.05) is 43.3 Å². The zero-order valence-electron chi connectivity index (χ0n) is 27.0. The van der Waals surface area contributed by atoms with Crippen LogP contribution in [0.25, 0.3) is 27.5 Å². The Kier molecular flexibility index (Phi) is 7.21. The predicted molar refractivity (Wildman–Crippen MR) is 204 cm³/mol. The Balaban J connectivity index is 1.23. The van der Waals surface area contributed by atoms with Crippen LogP contribution in [0.15, 0.2) is 169 Å². The van der Waals surface area contributed by atoms with Crippen LogP contribution in [-0.2, 0) is 4.57 Å². The van der Waals surface area contributed by atoms with E-state index in [1.54, 1.807) is 6.08 Å². The van der Waals surface area contributed by atoms with Gasteiger partial charge in [-0.1, -0.05) is 90.9 Å². The van der Waals surface area contributed by atoms with Gasteiger partial charge < -0.3 is 14.0 Å². The molecule has 0 spiro atoms. The van der Waals surface area contributed by atoms with E-state index in [9.17, 15) is 0 Å². The second-order valence-corrected chi connectivity index (χ2v) is 15.3. The van der Waals surface area contributed by atoms with Crippen molar-refractivity contribution in [3.8, 4) is 18.0 Å². The summed E-state index contributed by atoms with van der Waals surface area (Å²) < 4.78 is 17.8. The Morgan fingerprint density at radius 2 is 1.35 bits per heavy atom. The summed E-state index contributed by atoms with van der Waals surface area (Å²) in [6.45, 7) is 4.21. The number of allylic oxidation sites excluding steroid dienone is 6. The van der Waals surface area contributed by atoms with E-state index in [-0.39, 0.29) is 11.5 Å². The summed E-state index contributed by atoms with van der Waals surface area (Å²) in [4.78, 5) is 2.41. The topological polar surface area (TPSA) is 25.2 Å². The summed E-state index contributed by atoms with van der Waals surface area (Å²) in [6, 6.07) is 42.1. The van der Waals surface area contributed by atoms with Crippen LogP contribution in [0.3, 0.4) is 0 Å². The smallest absolute Gasteiger partial charge is 0.170 e. The third-order valence-corrected chi connectivity index (χ3v) is 13.2. The fourth-order valence-corrected chi connectivity index (χ4v) is 10.5. The summed E-state index contributed by atoms with van der Waals surface area (Å²) in [6.07, 6.45) is 19.9. The molecular formula is C44H35N2OP. The molecule has 0 bridgehead atoms. The standard InChI is InChI=1S/C44H35N2OP/c1-4-6-15-34(5-2)48(47,35-27-23-32(24-28-35)45-41-20-10-7-16-37(41)38-17-8-11-21-42(38)45)36-29-25-33(26-30-36)46-43-22-12-9-18-39(43)40-19-13-14-31-44(40,46)3/h1,5-31,40H,2-3H3/b15-6-,34-5+. The van der Waals surface area contributed by atoms with Crippen molar-refractivity contribution in [3.05, 3.63) is 175 Å². The molecule has 6 aromatic rings. The second-order valence-electron chi connectivity index (χ2n) is 12.6. The average molecular weight is 639 g/mol. The van der Waals surface area contributed by atoms with Gasteiger partial charge in [0.25, 0.3) is 0 Å². The maximum absolute atomic E-state index is 15.6. The van der Waals surface area contributed by atoms with Crippen molar-refractivity contribution in [2.45, 2.75) is 25.3 Å². The van der Waals surface area contributed by atoms with Gasteiger partial charge in [-0.25, -0.2) is 0 Å². The molecule has 0 saturated heterocycles. The van der Waals surface area contributed by atoms with E-state index < -0.39 is 7.14 Å². The minimum atomic E-state index is -3.29. The third kappa shape index (κ3) is 4.41. The van der Waals surface area contributed by atoms with Crippen molar-refractivity contribution in [2.24, 2.45) is 0 Å². The molecule has 2 aliphatic rings. The Hall–Kier alpha value is -5.55. The summed E-state index contributed by atoms with van der Waals surface area (Å²) in [5.74, 6) is 2.84. The van der Waals surface area contributed by atoms with Crippen LogP contribution >= 0.6 is 7.14 Å². The molecule has 4 heteroatoms. The summed E-state index contributed by atoms with van der Waals surface area (Å²) in [5, 5.41) is 4.64. The minimum absolute atomic E-state index is 0.240. The fourth-order valence-electron chi connectivity index (χ4n) is 7.77. The van der Waals surface area contributed by atoms with Crippen LogP contribution in [-0.4, -0.2) is 10.1 Å². The molecule has 0 amide bonds. The fraction of sp³-hybridized carbons (Fsp3) is 0.0909. The largest absolute Gasteiger partial charge is 0.331 e. The molecule has 1 aliphatic carbocycles. The number of fused-ring (bicyclic) bond motifs is 6. The Labute approximate surface area is 282 Å². The van der Waals surface area contributed by atoms with E-state index >= 15 is 4.57 Å². The molecule has 3 atom stereocenters. The van der Waals surface area contributed by atoms with Gasteiger partial charge in [0.1, 0.15) is 0 Å². The number of anilines is 2. The Morgan fingerprint density at radius 1 is 0.771 bits per heavy atom. The second kappa shape index (κ2) is 11.6. The van der Waals surface area contributed by atoms with Crippen molar-refractivity contribution in [3.63, 3.8) is 0 Å². The summed E-state index contributed by atoms with van der Waals surface area (Å²) in [5.41, 5.74) is 6.63. The van der Waals surface area contributed by atoms with Gasteiger partial charge in [0.2, 0.25) is 0 Å². The van der Waals surface area contributed by atoms with Gasteiger partial charge >= 0.3 is 0 Å². The van der Waals surface area contributed by atoms with E-state index in [2.05, 4.69) is 144 Å². The highest BCUT2D eigenvalue weighted by atomic mass is 31.2. The average Bonchev–Trinajstić information content (AvgIpc) is 3.61. The van der Waals surface area contributed by atoms with Crippen molar-refractivity contribution >= 4 is 50.9 Å². The van der Waals surface area contributed by atoms with Crippen LogP contribution in [0.2, 0.25) is 0 Å². The summed E-state index contributed by atoms with van der Waals surface area (Å²) >= 11 is 0. The van der Waals surface area contributed by atoms with E-state index in [0.29, 0.717) is 5.31 Å². The predicted octanol–water partition coefficient (Wildman–Crippen LogP) is 10.3. The molecule has 2 heterocycles. The van der Waals surface area contributed by atoms with Crippen LogP contribution in [0, 0.1) is 12.3 Å². The normalized spacial score (nSPS) is 19.8. The lowest BCUT2D eigenvalue weighted by atomic mass is 9.80. The lowest BCUT2D eigenvalue weighted by Crippen LogP contribution is -2.42. The molecule has 0 fully saturated rings. The van der Waals surface area contributed by atoms with Gasteiger partial charge in [-0.05, 0) is 98.3 Å². The zero-order chi connectivity index (χ0) is 32.9. The van der Waals surface area contributed by atoms with Crippen LogP contribution in [0.1, 0.15) is 25.3 Å². The molecule has 1 aliphatic heterocycles. The van der Waals surface area contributed by atoms with Crippen molar-refractivity contribution in [2.75, 3.05) is 4.90 Å². The van der Waals surface area contributed by atoms with Crippen LogP contribution < -0.4 is 15.5 Å². The Bertz CT molecular complexity index is 2360. The number of nitrogens with zero attached hydrogens (tertiary/aromatic N) is 2. The van der Waals surface area contributed by atoms with Crippen molar-refractivity contribution < 1.29 is 4.57 Å². The maximum atomic E-state index is 15.6. The van der Waals surface area contributed by atoms with E-state index in [4.69, 9.17) is 6.42 Å². The van der Waals surface area contributed by atoms with Gasteiger partial charge in [-0.3, -0.25) is 0 Å². The molecule has 0 N–H and O–H groups in total. The number of hydrogen-bond acceptors (Lipinski definition) is 2. The SMILES string of the molecule is C#C/C=C\C(=C/C)P(=O)(c1ccc(N2c3ccccc3C3C=CC=CC32C)cc1)c1ccc(-n2c3ccccc3c3ccccc32)cc1. The molecule has 48 heavy (non-hydrogen) atoms. The van der Waals surface area contributed by atoms with Gasteiger partial charge in [-0.15, -0.1) is 6.42 Å². The lowest BCUT2D eigenvalue weighted by Gasteiger charge is -2.39. The molecule has 0 saturated carbocycles. The third-order valence-electron chi connectivity index (χ3n) is 10.0. The Morgan fingerprint density at radius 3 is 1.98 bits per heavy atom. The van der Waals surface area contributed by atoms with E-state index in [1.165, 1.54) is 22.0 Å². The number of rotatable bonds is 6. The van der Waals surface area contributed by atoms with Gasteiger partial charge in [-0.2, -0.15) is 0 Å². The highest BCUT2D eigenvalue weighted by Gasteiger charge is 2.46. The molecule has 8 rings (SSSR count). The first-order valence-corrected chi connectivity index (χ1v) is 18.0. The molecule has 3 nitrogen and oxygen atoms in total. The highest BCUT2D eigenvalue weighted by molar-refractivity contribution is 7.82. The molecule has 0 radical (unpaired) electrons. The first-order chi connectivity index (χ1) is 23.5. The maximum Gasteiger partial charge on any atom is 0.170 e. The summed E-state index contributed by atoms with van der Waals surface area (Å²) in [7, 11) is -3.29. The molecular weight excluding hydrogens is 603 g/mol. The molecule has 1 aromatic heterocycles. The van der Waals surface area contributed by atoms with Crippen LogP contribution in [0.5, 0.6) is 0 Å². The first-order valence-electron chi connectivity index (χ1n) is 16.3. The monoisotopic (exact) mass is 638 g/mol. The number of terminal acetylenes is 1. The van der Waals surface area contributed by atoms with Gasteiger partial charge in [0, 0.05) is 49.7 Å². The van der Waals surface area contributed by atoms with Gasteiger partial charge in [0.05, 0.1) is 16.6 Å². The number of hydrogen-bond donors (Lipinski definition) is 0. The zero-order valence-corrected chi connectivity index (χ0v) is 27.9. The lowest BCUT2D eigenvalue weighted by molar-refractivity contribution is 0.542. The number of para-hydroxylation sites is 3. The quantitative estimate of drug-likeness (QED) is 0.103. The molecule has 5 aromatic carbocycles. The van der Waals surface area contributed by atoms with E-state index in [0.717, 1.165) is 33.0 Å². The first kappa shape index (κ1) is 29.8. The van der Waals surface area contributed by atoms with Crippen molar-refractivity contribution in [1.29, 1.82) is 0 Å². The number of aromatic nitrogens is 1. The number of benzene rings is 5. The molecule has 3 unspecified atom stereocenters. The van der Waals surface area contributed by atoms with Gasteiger partial charge in [0.15, 0.2) is 7.14 Å². The van der Waals surface area contributed by atoms with Crippen molar-refractivity contribution in [1.82, 2.24) is 4.57 Å². The van der Waals surface area contributed by atoms with Crippen LogP contribution in [0.4, 0.5) is 11.4 Å². The molecule has 232 valence electrons. The minimum Gasteiger partial charge on any atom is -0.331 e.